The van der Waals surface area contributed by atoms with Crippen molar-refractivity contribution in [2.75, 3.05) is 20.2 Å². The smallest absolute Gasteiger partial charge is 0.312 e. The van der Waals surface area contributed by atoms with Crippen LogP contribution in [0, 0.1) is 21.4 Å². The van der Waals surface area contributed by atoms with Gasteiger partial charge >= 0.3 is 5.69 Å². The fourth-order valence-electron chi connectivity index (χ4n) is 1.35. The van der Waals surface area contributed by atoms with Gasteiger partial charge in [-0.2, -0.15) is 5.26 Å². The van der Waals surface area contributed by atoms with Crippen molar-refractivity contribution in [2.24, 2.45) is 0 Å². The topological polar surface area (TPSA) is 96.5 Å². The van der Waals surface area contributed by atoms with Crippen LogP contribution in [-0.2, 0) is 4.79 Å². The maximum atomic E-state index is 11.7. The molecule has 1 amide bonds. The lowest BCUT2D eigenvalue weighted by Gasteiger charge is -2.15. The Balaban J connectivity index is 2.68. The van der Waals surface area contributed by atoms with Gasteiger partial charge in [-0.15, -0.1) is 0 Å². The maximum absolute atomic E-state index is 11.7. The van der Waals surface area contributed by atoms with Crippen LogP contribution in [0.5, 0.6) is 5.75 Å². The first kappa shape index (κ1) is 15.9. The van der Waals surface area contributed by atoms with Gasteiger partial charge in [-0.05, 0) is 12.1 Å². The first-order valence-corrected chi connectivity index (χ1v) is 6.42. The molecule has 0 bridgehead atoms. The molecule has 1 rings (SSSR count). The lowest BCUT2D eigenvalue weighted by molar-refractivity contribution is -0.385. The number of likely N-dealkylation sites (N-methyl/N-ethyl adjacent to an activating group) is 1. The summed E-state index contributed by atoms with van der Waals surface area (Å²) in [7, 11) is 1.54. The summed E-state index contributed by atoms with van der Waals surface area (Å²) in [6.45, 7) is -0.0223. The van der Waals surface area contributed by atoms with Crippen molar-refractivity contribution in [3.63, 3.8) is 0 Å². The highest BCUT2D eigenvalue weighted by atomic mass is 79.9. The van der Waals surface area contributed by atoms with Crippen LogP contribution in [0.1, 0.15) is 6.42 Å². The molecule has 0 aliphatic rings. The van der Waals surface area contributed by atoms with Gasteiger partial charge in [-0.1, -0.05) is 15.9 Å². The SMILES string of the molecule is CN(CCC#N)C(=O)COc1ccc(Br)cc1[N+](=O)[O-]. The molecule has 20 heavy (non-hydrogen) atoms. The van der Waals surface area contributed by atoms with E-state index < -0.39 is 4.92 Å². The second kappa shape index (κ2) is 7.45. The minimum atomic E-state index is -0.579. The van der Waals surface area contributed by atoms with Crippen molar-refractivity contribution in [2.45, 2.75) is 6.42 Å². The van der Waals surface area contributed by atoms with Gasteiger partial charge in [-0.3, -0.25) is 14.9 Å². The Labute approximate surface area is 124 Å². The highest BCUT2D eigenvalue weighted by Gasteiger charge is 2.17. The zero-order valence-corrected chi connectivity index (χ0v) is 12.3. The van der Waals surface area contributed by atoms with Gasteiger partial charge in [-0.25, -0.2) is 0 Å². The van der Waals surface area contributed by atoms with Gasteiger partial charge in [0, 0.05) is 24.1 Å². The highest BCUT2D eigenvalue weighted by molar-refractivity contribution is 9.10. The van der Waals surface area contributed by atoms with Crippen molar-refractivity contribution in [1.29, 1.82) is 5.26 Å². The Kier molecular flexibility index (Phi) is 5.93. The zero-order chi connectivity index (χ0) is 15.1. The van der Waals surface area contributed by atoms with Crippen LogP contribution >= 0.6 is 15.9 Å². The molecule has 0 fully saturated rings. The predicted molar refractivity (Wildman–Crippen MR) is 74.2 cm³/mol. The third-order valence-corrected chi connectivity index (χ3v) is 2.95. The van der Waals surface area contributed by atoms with Crippen molar-refractivity contribution >= 4 is 27.5 Å². The van der Waals surface area contributed by atoms with Gasteiger partial charge in [0.2, 0.25) is 0 Å². The molecule has 0 atom stereocenters. The lowest BCUT2D eigenvalue weighted by Crippen LogP contribution is -2.32. The van der Waals surface area contributed by atoms with E-state index in [1.807, 2.05) is 6.07 Å². The van der Waals surface area contributed by atoms with Crippen molar-refractivity contribution in [3.8, 4) is 11.8 Å². The van der Waals surface area contributed by atoms with E-state index in [-0.39, 0.29) is 30.4 Å². The Hall–Kier alpha value is -2.14. The van der Waals surface area contributed by atoms with E-state index in [1.54, 1.807) is 13.1 Å². The maximum Gasteiger partial charge on any atom is 0.312 e. The minimum absolute atomic E-state index is 0.0280. The van der Waals surface area contributed by atoms with E-state index in [0.717, 1.165) is 0 Å². The lowest BCUT2D eigenvalue weighted by atomic mass is 10.3. The van der Waals surface area contributed by atoms with E-state index in [4.69, 9.17) is 10.00 Å². The number of hydrogen-bond donors (Lipinski definition) is 0. The molecule has 0 aliphatic carbocycles. The molecule has 0 saturated heterocycles. The van der Waals surface area contributed by atoms with E-state index in [0.29, 0.717) is 11.0 Å². The number of carbonyl (C=O) groups excluding carboxylic acids is 1. The molecule has 7 nitrogen and oxygen atoms in total. The summed E-state index contributed by atoms with van der Waals surface area (Å²) in [4.78, 5) is 23.3. The molecular formula is C12H12BrN3O4. The van der Waals surface area contributed by atoms with Crippen LogP contribution in [-0.4, -0.2) is 35.9 Å². The second-order valence-electron chi connectivity index (χ2n) is 3.88. The molecule has 0 N–H and O–H groups in total. The average molecular weight is 342 g/mol. The summed E-state index contributed by atoms with van der Waals surface area (Å²) in [5, 5.41) is 19.3. The molecular weight excluding hydrogens is 330 g/mol. The number of hydrogen-bond acceptors (Lipinski definition) is 5. The predicted octanol–water partition coefficient (Wildman–Crippen LogP) is 2.11. The Morgan fingerprint density at radius 2 is 2.30 bits per heavy atom. The summed E-state index contributed by atoms with van der Waals surface area (Å²) >= 11 is 3.13. The second-order valence-corrected chi connectivity index (χ2v) is 4.80. The standard InChI is InChI=1S/C12H12BrN3O4/c1-15(6-2-5-14)12(17)8-20-11-4-3-9(13)7-10(11)16(18)19/h3-4,7H,2,6,8H2,1H3. The third-order valence-electron chi connectivity index (χ3n) is 2.45. The molecule has 106 valence electrons. The third kappa shape index (κ3) is 4.51. The van der Waals surface area contributed by atoms with E-state index in [9.17, 15) is 14.9 Å². The fraction of sp³-hybridized carbons (Fsp3) is 0.333. The Morgan fingerprint density at radius 1 is 1.60 bits per heavy atom. The van der Waals surface area contributed by atoms with Crippen LogP contribution in [0.2, 0.25) is 0 Å². The normalized spacial score (nSPS) is 9.65. The molecule has 0 aromatic heterocycles. The number of nitrogens with zero attached hydrogens (tertiary/aromatic N) is 3. The van der Waals surface area contributed by atoms with E-state index in [2.05, 4.69) is 15.9 Å². The highest BCUT2D eigenvalue weighted by Crippen LogP contribution is 2.29. The number of carbonyl (C=O) groups is 1. The number of nitriles is 1. The van der Waals surface area contributed by atoms with Gasteiger partial charge in [0.1, 0.15) is 0 Å². The summed E-state index contributed by atoms with van der Waals surface area (Å²) in [5.41, 5.74) is -0.216. The molecule has 0 spiro atoms. The van der Waals surface area contributed by atoms with Gasteiger partial charge in [0.25, 0.3) is 5.91 Å². The van der Waals surface area contributed by atoms with Crippen molar-refractivity contribution < 1.29 is 14.5 Å². The summed E-state index contributed by atoms with van der Waals surface area (Å²) in [6.07, 6.45) is 0.223. The molecule has 0 saturated carbocycles. The summed E-state index contributed by atoms with van der Waals surface area (Å²) in [6, 6.07) is 6.24. The molecule has 0 heterocycles. The van der Waals surface area contributed by atoms with Gasteiger partial charge < -0.3 is 9.64 Å². The zero-order valence-electron chi connectivity index (χ0n) is 10.7. The number of benzene rings is 1. The number of halogens is 1. The molecule has 1 aromatic carbocycles. The summed E-state index contributed by atoms with van der Waals surface area (Å²) in [5.74, 6) is -0.322. The largest absolute Gasteiger partial charge is 0.477 e. The van der Waals surface area contributed by atoms with E-state index in [1.165, 1.54) is 17.0 Å². The van der Waals surface area contributed by atoms with Crippen molar-refractivity contribution in [3.05, 3.63) is 32.8 Å². The number of rotatable bonds is 6. The molecule has 0 radical (unpaired) electrons. The van der Waals surface area contributed by atoms with Crippen LogP contribution in [0.15, 0.2) is 22.7 Å². The Morgan fingerprint density at radius 3 is 2.90 bits per heavy atom. The number of nitro groups is 1. The number of nitro benzene ring substituents is 1. The first-order chi connectivity index (χ1) is 9.45. The molecule has 0 unspecified atom stereocenters. The average Bonchev–Trinajstić information content (AvgIpc) is 2.42. The van der Waals surface area contributed by atoms with Gasteiger partial charge in [0.15, 0.2) is 12.4 Å². The fourth-order valence-corrected chi connectivity index (χ4v) is 1.70. The van der Waals surface area contributed by atoms with Crippen molar-refractivity contribution in [1.82, 2.24) is 4.90 Å². The molecule has 8 heteroatoms. The van der Waals surface area contributed by atoms with E-state index >= 15 is 0 Å². The molecule has 1 aromatic rings. The van der Waals surface area contributed by atoms with Crippen LogP contribution < -0.4 is 4.74 Å². The monoisotopic (exact) mass is 341 g/mol. The Bertz CT molecular complexity index is 556. The molecule has 0 aliphatic heterocycles. The van der Waals surface area contributed by atoms with Crippen LogP contribution in [0.25, 0.3) is 0 Å². The summed E-state index contributed by atoms with van der Waals surface area (Å²) < 4.78 is 5.73. The quantitative estimate of drug-likeness (QED) is 0.583. The van der Waals surface area contributed by atoms with Gasteiger partial charge in [0.05, 0.1) is 17.4 Å². The first-order valence-electron chi connectivity index (χ1n) is 5.63. The van der Waals surface area contributed by atoms with Crippen LogP contribution in [0.4, 0.5) is 5.69 Å². The van der Waals surface area contributed by atoms with Crippen LogP contribution in [0.3, 0.4) is 0 Å². The minimum Gasteiger partial charge on any atom is -0.477 e. The number of ether oxygens (including phenoxy) is 1. The number of amides is 1.